The van der Waals surface area contributed by atoms with Crippen molar-refractivity contribution >= 4 is 23.4 Å². The van der Waals surface area contributed by atoms with Crippen LogP contribution in [0.2, 0.25) is 0 Å². The molecule has 0 radical (unpaired) electrons. The molecule has 0 amide bonds. The van der Waals surface area contributed by atoms with E-state index in [9.17, 15) is 19.7 Å². The fraction of sp³-hybridized carbons (Fsp3) is 0.435. The molecule has 1 fully saturated rings. The van der Waals surface area contributed by atoms with Crippen molar-refractivity contribution in [2.75, 3.05) is 24.6 Å². The third-order valence-electron chi connectivity index (χ3n) is 5.20. The van der Waals surface area contributed by atoms with E-state index < -0.39 is 11.1 Å². The molecule has 0 spiro atoms. The molecule has 0 unspecified atom stereocenters. The first kappa shape index (κ1) is 24.0. The van der Waals surface area contributed by atoms with Gasteiger partial charge >= 0.3 is 11.8 Å². The van der Waals surface area contributed by atoms with Crippen LogP contribution in [-0.4, -0.2) is 47.6 Å². The number of ketones is 1. The molecule has 176 valence electrons. The number of nitro groups is 1. The number of nitrogens with zero attached hydrogens (tertiary/aromatic N) is 3. The van der Waals surface area contributed by atoms with Gasteiger partial charge in [-0.3, -0.25) is 10.1 Å². The van der Waals surface area contributed by atoms with Crippen LogP contribution >= 0.6 is 0 Å². The Morgan fingerprint density at radius 3 is 2.45 bits per heavy atom. The number of anilines is 1. The zero-order chi connectivity index (χ0) is 23.8. The van der Waals surface area contributed by atoms with Crippen LogP contribution in [0.15, 0.2) is 36.4 Å². The largest absolute Gasteiger partial charge is 0.508 e. The maximum atomic E-state index is 11.6. The van der Waals surface area contributed by atoms with Gasteiger partial charge in [-0.1, -0.05) is 12.1 Å². The summed E-state index contributed by atoms with van der Waals surface area (Å²) in [5, 5.41) is 11.6. The molecule has 1 aliphatic rings. The minimum absolute atomic E-state index is 0.119. The maximum absolute atomic E-state index is 11.6. The molecule has 0 aliphatic carbocycles. The van der Waals surface area contributed by atoms with Gasteiger partial charge in [0.1, 0.15) is 17.6 Å². The van der Waals surface area contributed by atoms with Crippen molar-refractivity contribution in [2.24, 2.45) is 0 Å². The fourth-order valence-corrected chi connectivity index (χ4v) is 3.49. The van der Waals surface area contributed by atoms with Crippen molar-refractivity contribution < 1.29 is 28.7 Å². The summed E-state index contributed by atoms with van der Waals surface area (Å²) < 4.78 is 15.9. The number of carbonyl (C=O) groups excluding carboxylic acids is 2. The third kappa shape index (κ3) is 6.90. The Hall–Kier alpha value is -3.69. The Labute approximate surface area is 191 Å². The van der Waals surface area contributed by atoms with Gasteiger partial charge in [0.2, 0.25) is 11.7 Å². The highest BCUT2D eigenvalue weighted by atomic mass is 16.7. The van der Waals surface area contributed by atoms with E-state index in [1.165, 1.54) is 12.1 Å². The Bertz CT molecular complexity index is 986. The number of rotatable bonds is 9. The quantitative estimate of drug-likeness (QED) is 0.305. The van der Waals surface area contributed by atoms with Crippen LogP contribution in [0.1, 0.15) is 38.7 Å². The first-order valence-corrected chi connectivity index (χ1v) is 10.9. The van der Waals surface area contributed by atoms with Gasteiger partial charge in [0.25, 0.3) is 0 Å². The van der Waals surface area contributed by atoms with Crippen molar-refractivity contribution in [3.05, 3.63) is 52.1 Å². The SMILES string of the molecule is CCOC(=O)OC1CCN(c2nc(Oc3ccc(CCC(C)=O)cc3)ccc2[N+](=O)[O-])CC1. The van der Waals surface area contributed by atoms with Crippen molar-refractivity contribution in [1.29, 1.82) is 0 Å². The molecule has 0 bridgehead atoms. The second-order valence-electron chi connectivity index (χ2n) is 7.68. The number of hydrogen-bond donors (Lipinski definition) is 0. The van der Waals surface area contributed by atoms with E-state index >= 15 is 0 Å². The minimum atomic E-state index is -0.706. The summed E-state index contributed by atoms with van der Waals surface area (Å²) >= 11 is 0. The zero-order valence-corrected chi connectivity index (χ0v) is 18.7. The molecular weight excluding hydrogens is 430 g/mol. The highest BCUT2D eigenvalue weighted by Gasteiger charge is 2.28. The summed E-state index contributed by atoms with van der Waals surface area (Å²) in [6.07, 6.45) is 1.14. The van der Waals surface area contributed by atoms with Crippen LogP contribution in [-0.2, 0) is 20.7 Å². The van der Waals surface area contributed by atoms with E-state index in [1.807, 2.05) is 12.1 Å². The number of ether oxygens (including phenoxy) is 3. The topological polar surface area (TPSA) is 121 Å². The Kier molecular flexibility index (Phi) is 8.17. The molecule has 0 saturated carbocycles. The van der Waals surface area contributed by atoms with Crippen LogP contribution in [0.25, 0.3) is 0 Å². The van der Waals surface area contributed by atoms with Crippen LogP contribution in [0.4, 0.5) is 16.3 Å². The molecule has 2 aromatic rings. The molecule has 33 heavy (non-hydrogen) atoms. The van der Waals surface area contributed by atoms with Crippen molar-refractivity contribution in [3.63, 3.8) is 0 Å². The van der Waals surface area contributed by atoms with Gasteiger partial charge in [0.15, 0.2) is 0 Å². The zero-order valence-electron chi connectivity index (χ0n) is 18.7. The van der Waals surface area contributed by atoms with Gasteiger partial charge < -0.3 is 23.9 Å². The molecule has 3 rings (SSSR count). The molecule has 10 nitrogen and oxygen atoms in total. The Balaban J connectivity index is 1.68. The van der Waals surface area contributed by atoms with Gasteiger partial charge in [0.05, 0.1) is 11.5 Å². The molecule has 1 aromatic carbocycles. The second-order valence-corrected chi connectivity index (χ2v) is 7.68. The first-order chi connectivity index (χ1) is 15.9. The van der Waals surface area contributed by atoms with Crippen molar-refractivity contribution in [2.45, 2.75) is 45.6 Å². The van der Waals surface area contributed by atoms with Crippen molar-refractivity contribution in [1.82, 2.24) is 4.98 Å². The van der Waals surface area contributed by atoms with Crippen LogP contribution < -0.4 is 9.64 Å². The van der Waals surface area contributed by atoms with E-state index in [1.54, 1.807) is 30.9 Å². The number of benzene rings is 1. The van der Waals surface area contributed by atoms with Gasteiger partial charge in [-0.15, -0.1) is 0 Å². The lowest BCUT2D eigenvalue weighted by Crippen LogP contribution is -2.38. The summed E-state index contributed by atoms with van der Waals surface area (Å²) in [5.41, 5.74) is 0.898. The molecule has 0 N–H and O–H groups in total. The molecule has 2 heterocycles. The molecular formula is C23H27N3O7. The van der Waals surface area contributed by atoms with E-state index in [4.69, 9.17) is 14.2 Å². The first-order valence-electron chi connectivity index (χ1n) is 10.9. The lowest BCUT2D eigenvalue weighted by Gasteiger charge is -2.31. The number of pyridine rings is 1. The minimum Gasteiger partial charge on any atom is -0.439 e. The predicted molar refractivity (Wildman–Crippen MR) is 120 cm³/mol. The lowest BCUT2D eigenvalue weighted by atomic mass is 10.1. The van der Waals surface area contributed by atoms with Crippen LogP contribution in [0, 0.1) is 10.1 Å². The summed E-state index contributed by atoms with van der Waals surface area (Å²) in [5.74, 6) is 1.12. The smallest absolute Gasteiger partial charge is 0.439 e. The maximum Gasteiger partial charge on any atom is 0.508 e. The number of hydrogen-bond acceptors (Lipinski definition) is 9. The molecule has 1 aromatic heterocycles. The average molecular weight is 457 g/mol. The van der Waals surface area contributed by atoms with Crippen molar-refractivity contribution in [3.8, 4) is 11.6 Å². The van der Waals surface area contributed by atoms with E-state index in [0.717, 1.165) is 5.56 Å². The van der Waals surface area contributed by atoms with Gasteiger partial charge in [0, 0.05) is 44.5 Å². The number of Topliss-reactive ketones (excluding diaryl/α,β-unsaturated/α-hetero) is 1. The van der Waals surface area contributed by atoms with Gasteiger partial charge in [-0.25, -0.2) is 4.79 Å². The third-order valence-corrected chi connectivity index (χ3v) is 5.20. The molecule has 1 saturated heterocycles. The number of aryl methyl sites for hydroxylation is 1. The summed E-state index contributed by atoms with van der Waals surface area (Å²) in [7, 11) is 0. The Morgan fingerprint density at radius 1 is 1.15 bits per heavy atom. The molecule has 10 heteroatoms. The second kappa shape index (κ2) is 11.3. The Morgan fingerprint density at radius 2 is 1.85 bits per heavy atom. The number of carbonyl (C=O) groups is 2. The highest BCUT2D eigenvalue weighted by Crippen LogP contribution is 2.32. The number of piperidine rings is 1. The standard InChI is InChI=1S/C23H27N3O7/c1-3-31-23(28)33-19-12-14-25(15-13-19)22-20(26(29)30)10-11-21(24-22)32-18-8-6-17(7-9-18)5-4-16(2)27/h6-11,19H,3-5,12-15H2,1-2H3. The van der Waals surface area contributed by atoms with Crippen LogP contribution in [0.3, 0.4) is 0 Å². The van der Waals surface area contributed by atoms with Gasteiger partial charge in [-0.2, -0.15) is 4.98 Å². The normalized spacial score (nSPS) is 13.9. The molecule has 1 aliphatic heterocycles. The monoisotopic (exact) mass is 457 g/mol. The highest BCUT2D eigenvalue weighted by molar-refractivity contribution is 5.75. The van der Waals surface area contributed by atoms with E-state index in [0.29, 0.717) is 44.5 Å². The predicted octanol–water partition coefficient (Wildman–Crippen LogP) is 4.45. The van der Waals surface area contributed by atoms with Crippen LogP contribution in [0.5, 0.6) is 11.6 Å². The summed E-state index contributed by atoms with van der Waals surface area (Å²) in [4.78, 5) is 39.9. The lowest BCUT2D eigenvalue weighted by molar-refractivity contribution is -0.384. The summed E-state index contributed by atoms with van der Waals surface area (Å²) in [6.45, 7) is 4.37. The number of aromatic nitrogens is 1. The molecule has 0 atom stereocenters. The van der Waals surface area contributed by atoms with E-state index in [2.05, 4.69) is 4.98 Å². The van der Waals surface area contributed by atoms with Gasteiger partial charge in [-0.05, 0) is 38.0 Å². The summed E-state index contributed by atoms with van der Waals surface area (Å²) in [6, 6.07) is 10.1. The van der Waals surface area contributed by atoms with E-state index in [-0.39, 0.29) is 35.9 Å². The fourth-order valence-electron chi connectivity index (χ4n) is 3.49. The average Bonchev–Trinajstić information content (AvgIpc) is 2.79.